The Morgan fingerprint density at radius 2 is 1.75 bits per heavy atom. The van der Waals surface area contributed by atoms with Crippen LogP contribution in [0.2, 0.25) is 5.02 Å². The molecule has 0 aliphatic heterocycles. The number of methoxy groups -OCH3 is 1. The summed E-state index contributed by atoms with van der Waals surface area (Å²) in [6, 6.07) is 7.20. The van der Waals surface area contributed by atoms with Crippen molar-refractivity contribution in [1.82, 2.24) is 0 Å². The quantitative estimate of drug-likeness (QED) is 0.644. The molecule has 0 saturated heterocycles. The van der Waals surface area contributed by atoms with E-state index in [1.807, 2.05) is 0 Å². The summed E-state index contributed by atoms with van der Waals surface area (Å²) < 4.78 is 70.4. The fourth-order valence-electron chi connectivity index (χ4n) is 2.78. The lowest BCUT2D eigenvalue weighted by Crippen LogP contribution is -2.37. The second-order valence-corrected chi connectivity index (χ2v) is 10.9. The van der Waals surface area contributed by atoms with Crippen LogP contribution in [-0.2, 0) is 25.6 Å². The van der Waals surface area contributed by atoms with E-state index >= 15 is 0 Å². The van der Waals surface area contributed by atoms with E-state index in [2.05, 4.69) is 0 Å². The average molecular weight is 450 g/mol. The highest BCUT2D eigenvalue weighted by molar-refractivity contribution is 7.93. The molecule has 0 bridgehead atoms. The Bertz CT molecular complexity index is 1090. The fraction of sp³-hybridized carbons (Fsp3) is 0.333. The summed E-state index contributed by atoms with van der Waals surface area (Å²) in [5.41, 5.74) is 0.171. The minimum Gasteiger partial charge on any atom is -0.494 e. The van der Waals surface area contributed by atoms with Gasteiger partial charge in [-0.2, -0.15) is 0 Å². The van der Waals surface area contributed by atoms with Crippen LogP contribution in [0.15, 0.2) is 41.3 Å². The van der Waals surface area contributed by atoms with Gasteiger partial charge in [0, 0.05) is 23.4 Å². The van der Waals surface area contributed by atoms with Crippen LogP contribution in [0.4, 0.5) is 10.1 Å². The maximum atomic E-state index is 14.2. The van der Waals surface area contributed by atoms with Crippen molar-refractivity contribution in [2.75, 3.05) is 17.7 Å². The van der Waals surface area contributed by atoms with Gasteiger partial charge in [0.25, 0.3) is 10.0 Å². The van der Waals surface area contributed by atoms with Gasteiger partial charge < -0.3 is 4.74 Å². The van der Waals surface area contributed by atoms with Crippen molar-refractivity contribution < 1.29 is 26.0 Å². The van der Waals surface area contributed by atoms with E-state index in [0.717, 1.165) is 16.6 Å². The highest BCUT2D eigenvalue weighted by atomic mass is 35.5. The number of benzene rings is 2. The van der Waals surface area contributed by atoms with E-state index in [1.165, 1.54) is 37.4 Å². The van der Waals surface area contributed by atoms with Gasteiger partial charge in [-0.3, -0.25) is 4.31 Å². The summed E-state index contributed by atoms with van der Waals surface area (Å²) in [4.78, 5) is -0.240. The van der Waals surface area contributed by atoms with Crippen molar-refractivity contribution in [3.05, 3.63) is 52.8 Å². The van der Waals surface area contributed by atoms with Crippen molar-refractivity contribution >= 4 is 37.1 Å². The smallest absolute Gasteiger partial charge is 0.264 e. The van der Waals surface area contributed by atoms with Crippen LogP contribution in [0.1, 0.15) is 19.4 Å². The van der Waals surface area contributed by atoms with E-state index < -0.39 is 37.5 Å². The van der Waals surface area contributed by atoms with Gasteiger partial charge in [-0.1, -0.05) is 17.7 Å². The van der Waals surface area contributed by atoms with Gasteiger partial charge >= 0.3 is 0 Å². The van der Waals surface area contributed by atoms with Gasteiger partial charge in [0.05, 0.1) is 23.4 Å². The summed E-state index contributed by atoms with van der Waals surface area (Å²) in [5.74, 6) is -1.21. The first-order chi connectivity index (χ1) is 12.9. The van der Waals surface area contributed by atoms with Crippen molar-refractivity contribution in [2.24, 2.45) is 0 Å². The van der Waals surface area contributed by atoms with Gasteiger partial charge in [-0.05, 0) is 43.7 Å². The Labute approximate surface area is 169 Å². The van der Waals surface area contributed by atoms with Crippen molar-refractivity contribution in [2.45, 2.75) is 30.5 Å². The zero-order valence-electron chi connectivity index (χ0n) is 15.8. The second kappa shape index (κ2) is 8.26. The van der Waals surface area contributed by atoms with E-state index in [0.29, 0.717) is 0 Å². The number of halogens is 2. The van der Waals surface area contributed by atoms with Gasteiger partial charge in [0.15, 0.2) is 21.4 Å². The number of hydrogen-bond donors (Lipinski definition) is 0. The van der Waals surface area contributed by atoms with Crippen LogP contribution >= 0.6 is 11.6 Å². The summed E-state index contributed by atoms with van der Waals surface area (Å²) in [6.45, 7) is 3.25. The average Bonchev–Trinajstić information content (AvgIpc) is 2.55. The predicted octanol–water partition coefficient (Wildman–Crippen LogP) is 3.64. The first-order valence-electron chi connectivity index (χ1n) is 8.21. The minimum absolute atomic E-state index is 0.0228. The molecule has 0 amide bonds. The Hall–Kier alpha value is -1.84. The van der Waals surface area contributed by atoms with E-state index in [-0.39, 0.29) is 26.9 Å². The van der Waals surface area contributed by atoms with Crippen LogP contribution in [0, 0.1) is 5.82 Å². The van der Waals surface area contributed by atoms with Gasteiger partial charge in [-0.25, -0.2) is 21.2 Å². The molecule has 0 saturated carbocycles. The molecule has 6 nitrogen and oxygen atoms in total. The fourth-order valence-corrected chi connectivity index (χ4v) is 5.83. The third kappa shape index (κ3) is 4.95. The van der Waals surface area contributed by atoms with Crippen LogP contribution in [-0.4, -0.2) is 36.2 Å². The topological polar surface area (TPSA) is 80.8 Å². The summed E-state index contributed by atoms with van der Waals surface area (Å²) in [6.07, 6.45) is 1.01. The van der Waals surface area contributed by atoms with Crippen molar-refractivity contribution in [3.8, 4) is 5.75 Å². The molecule has 0 unspecified atom stereocenters. The molecule has 0 aromatic heterocycles. The number of rotatable bonds is 7. The number of sulfonamides is 1. The highest BCUT2D eigenvalue weighted by Crippen LogP contribution is 2.32. The normalized spacial score (nSPS) is 12.2. The van der Waals surface area contributed by atoms with Gasteiger partial charge in [0.1, 0.15) is 0 Å². The standard InChI is InChI=1S/C18H21ClFNO5S2/c1-12(2)21(15-7-8-17(26-3)16(20)10-15)28(24,25)18-9-14(19)6-5-13(18)11-27(4,22)23/h5-10,12H,11H2,1-4H3. The van der Waals surface area contributed by atoms with E-state index in [4.69, 9.17) is 16.3 Å². The molecule has 2 rings (SSSR count). The Kier molecular flexibility index (Phi) is 6.62. The number of anilines is 1. The first kappa shape index (κ1) is 22.4. The van der Waals surface area contributed by atoms with Crippen LogP contribution in [0.3, 0.4) is 0 Å². The third-order valence-corrected chi connectivity index (χ3v) is 7.00. The molecule has 0 spiro atoms. The van der Waals surface area contributed by atoms with Crippen LogP contribution < -0.4 is 9.04 Å². The summed E-state index contributed by atoms with van der Waals surface area (Å²) in [7, 11) is -6.44. The zero-order valence-corrected chi connectivity index (χ0v) is 18.2. The maximum absolute atomic E-state index is 14.2. The van der Waals surface area contributed by atoms with E-state index in [9.17, 15) is 21.2 Å². The highest BCUT2D eigenvalue weighted by Gasteiger charge is 2.31. The lowest BCUT2D eigenvalue weighted by molar-refractivity contribution is 0.386. The van der Waals surface area contributed by atoms with Gasteiger partial charge in [-0.15, -0.1) is 0 Å². The molecular formula is C18H21ClFNO5S2. The third-order valence-electron chi connectivity index (χ3n) is 3.84. The number of ether oxygens (including phenoxy) is 1. The molecule has 2 aromatic rings. The number of nitrogens with zero attached hydrogens (tertiary/aromatic N) is 1. The second-order valence-electron chi connectivity index (χ2n) is 6.54. The summed E-state index contributed by atoms with van der Waals surface area (Å²) >= 11 is 5.98. The molecule has 0 atom stereocenters. The summed E-state index contributed by atoms with van der Waals surface area (Å²) in [5, 5.41) is 0.139. The number of hydrogen-bond acceptors (Lipinski definition) is 5. The van der Waals surface area contributed by atoms with Crippen LogP contribution in [0.25, 0.3) is 0 Å². The molecule has 0 aliphatic rings. The molecule has 0 heterocycles. The largest absolute Gasteiger partial charge is 0.494 e. The van der Waals surface area contributed by atoms with Crippen molar-refractivity contribution in [3.63, 3.8) is 0 Å². The Morgan fingerprint density at radius 1 is 1.11 bits per heavy atom. The molecule has 10 heteroatoms. The van der Waals surface area contributed by atoms with E-state index in [1.54, 1.807) is 13.8 Å². The molecule has 28 heavy (non-hydrogen) atoms. The molecular weight excluding hydrogens is 429 g/mol. The first-order valence-corrected chi connectivity index (χ1v) is 12.1. The Morgan fingerprint density at radius 3 is 2.25 bits per heavy atom. The monoisotopic (exact) mass is 449 g/mol. The maximum Gasteiger partial charge on any atom is 0.264 e. The lowest BCUT2D eigenvalue weighted by atomic mass is 10.2. The van der Waals surface area contributed by atoms with Gasteiger partial charge in [0.2, 0.25) is 0 Å². The zero-order chi connectivity index (χ0) is 21.3. The SMILES string of the molecule is COc1ccc(N(C(C)C)S(=O)(=O)c2cc(Cl)ccc2CS(C)(=O)=O)cc1F. The number of sulfone groups is 1. The molecule has 0 fully saturated rings. The molecule has 154 valence electrons. The molecule has 0 radical (unpaired) electrons. The molecule has 2 aromatic carbocycles. The molecule has 0 aliphatic carbocycles. The predicted molar refractivity (Wildman–Crippen MR) is 108 cm³/mol. The lowest BCUT2D eigenvalue weighted by Gasteiger charge is -2.29. The Balaban J connectivity index is 2.69. The minimum atomic E-state index is -4.24. The van der Waals surface area contributed by atoms with Crippen LogP contribution in [0.5, 0.6) is 5.75 Å². The molecule has 0 N–H and O–H groups in total. The van der Waals surface area contributed by atoms with Crippen molar-refractivity contribution in [1.29, 1.82) is 0 Å².